The van der Waals surface area contributed by atoms with Crippen molar-refractivity contribution in [1.29, 1.82) is 0 Å². The van der Waals surface area contributed by atoms with E-state index in [0.29, 0.717) is 16.8 Å². The predicted molar refractivity (Wildman–Crippen MR) is 99.2 cm³/mol. The minimum atomic E-state index is -0.0191. The number of amides is 1. The standard InChI is InChI=1S/C17H23N3OS2/c1-4-14(5-2)16-19-20-17(23-16)18-15(21)11-22-10-13-8-6-12(3)7-9-13/h6-9,14H,4-5,10-11H2,1-3H3,(H,18,20,21). The second-order valence-electron chi connectivity index (χ2n) is 5.49. The smallest absolute Gasteiger partial charge is 0.236 e. The Kier molecular flexibility index (Phi) is 7.05. The number of hydrogen-bond acceptors (Lipinski definition) is 5. The van der Waals surface area contributed by atoms with Crippen LogP contribution >= 0.6 is 23.1 Å². The van der Waals surface area contributed by atoms with E-state index >= 15 is 0 Å². The molecule has 0 unspecified atom stereocenters. The number of aryl methyl sites for hydroxylation is 1. The van der Waals surface area contributed by atoms with E-state index in [0.717, 1.165) is 23.6 Å². The molecule has 0 aliphatic carbocycles. The second kappa shape index (κ2) is 9.03. The zero-order chi connectivity index (χ0) is 16.7. The van der Waals surface area contributed by atoms with Gasteiger partial charge in [0.05, 0.1) is 5.75 Å². The summed E-state index contributed by atoms with van der Waals surface area (Å²) in [6.07, 6.45) is 2.09. The van der Waals surface area contributed by atoms with Crippen molar-refractivity contribution >= 4 is 34.1 Å². The van der Waals surface area contributed by atoms with E-state index in [4.69, 9.17) is 0 Å². The molecule has 0 aliphatic rings. The van der Waals surface area contributed by atoms with Gasteiger partial charge in [0.1, 0.15) is 5.01 Å². The van der Waals surface area contributed by atoms with E-state index in [1.807, 2.05) is 0 Å². The number of carbonyl (C=O) groups excluding carboxylic acids is 1. The van der Waals surface area contributed by atoms with Gasteiger partial charge in [-0.05, 0) is 25.3 Å². The highest BCUT2D eigenvalue weighted by Gasteiger charge is 2.14. The molecule has 1 heterocycles. The lowest BCUT2D eigenvalue weighted by molar-refractivity contribution is -0.113. The summed E-state index contributed by atoms with van der Waals surface area (Å²) in [5.74, 6) is 1.68. The van der Waals surface area contributed by atoms with Crippen LogP contribution in [0.25, 0.3) is 0 Å². The molecular formula is C17H23N3OS2. The van der Waals surface area contributed by atoms with Gasteiger partial charge in [-0.3, -0.25) is 10.1 Å². The van der Waals surface area contributed by atoms with Gasteiger partial charge in [0.2, 0.25) is 11.0 Å². The van der Waals surface area contributed by atoms with E-state index in [-0.39, 0.29) is 5.91 Å². The Morgan fingerprint density at radius 2 is 1.91 bits per heavy atom. The third-order valence-electron chi connectivity index (χ3n) is 3.64. The summed E-state index contributed by atoms with van der Waals surface area (Å²) >= 11 is 3.09. The van der Waals surface area contributed by atoms with Crippen molar-refractivity contribution in [2.24, 2.45) is 0 Å². The van der Waals surface area contributed by atoms with E-state index in [1.54, 1.807) is 11.8 Å². The Morgan fingerprint density at radius 1 is 1.22 bits per heavy atom. The number of benzene rings is 1. The number of rotatable bonds is 8. The summed E-state index contributed by atoms with van der Waals surface area (Å²) in [5, 5.41) is 12.7. The summed E-state index contributed by atoms with van der Waals surface area (Å²) in [7, 11) is 0. The van der Waals surface area contributed by atoms with Crippen molar-refractivity contribution in [1.82, 2.24) is 10.2 Å². The summed E-state index contributed by atoms with van der Waals surface area (Å²) in [4.78, 5) is 12.0. The van der Waals surface area contributed by atoms with E-state index in [1.165, 1.54) is 22.5 Å². The SMILES string of the molecule is CCC(CC)c1nnc(NC(=O)CSCc2ccc(C)cc2)s1. The van der Waals surface area contributed by atoms with Gasteiger partial charge in [-0.1, -0.05) is 55.0 Å². The van der Waals surface area contributed by atoms with Crippen molar-refractivity contribution in [3.05, 3.63) is 40.4 Å². The van der Waals surface area contributed by atoms with Crippen LogP contribution in [0.1, 0.15) is 48.7 Å². The molecule has 23 heavy (non-hydrogen) atoms. The van der Waals surface area contributed by atoms with Crippen molar-refractivity contribution in [3.8, 4) is 0 Å². The topological polar surface area (TPSA) is 54.9 Å². The lowest BCUT2D eigenvalue weighted by atomic mass is 10.1. The highest BCUT2D eigenvalue weighted by atomic mass is 32.2. The fourth-order valence-corrected chi connectivity index (χ4v) is 4.00. The van der Waals surface area contributed by atoms with Gasteiger partial charge in [0, 0.05) is 11.7 Å². The fraction of sp³-hybridized carbons (Fsp3) is 0.471. The molecule has 6 heteroatoms. The lowest BCUT2D eigenvalue weighted by Gasteiger charge is -2.05. The van der Waals surface area contributed by atoms with E-state index < -0.39 is 0 Å². The van der Waals surface area contributed by atoms with E-state index in [9.17, 15) is 4.79 Å². The first-order chi connectivity index (χ1) is 11.1. The molecule has 2 rings (SSSR count). The predicted octanol–water partition coefficient (Wildman–Crippen LogP) is 4.62. The summed E-state index contributed by atoms with van der Waals surface area (Å²) in [5.41, 5.74) is 2.49. The van der Waals surface area contributed by atoms with Crippen LogP contribution in [0.4, 0.5) is 5.13 Å². The molecule has 0 bridgehead atoms. The zero-order valence-electron chi connectivity index (χ0n) is 13.8. The molecule has 0 saturated heterocycles. The summed E-state index contributed by atoms with van der Waals surface area (Å²) in [6.45, 7) is 6.37. The average molecular weight is 350 g/mol. The monoisotopic (exact) mass is 349 g/mol. The molecule has 0 saturated carbocycles. The number of aromatic nitrogens is 2. The Morgan fingerprint density at radius 3 is 2.57 bits per heavy atom. The van der Waals surface area contributed by atoms with Crippen LogP contribution in [0.3, 0.4) is 0 Å². The first-order valence-corrected chi connectivity index (χ1v) is 9.86. The van der Waals surface area contributed by atoms with Gasteiger partial charge in [-0.2, -0.15) is 0 Å². The third-order valence-corrected chi connectivity index (χ3v) is 5.65. The van der Waals surface area contributed by atoms with Gasteiger partial charge in [-0.25, -0.2) is 0 Å². The quantitative estimate of drug-likeness (QED) is 0.755. The fourth-order valence-electron chi connectivity index (χ4n) is 2.19. The van der Waals surface area contributed by atoms with E-state index in [2.05, 4.69) is 60.6 Å². The number of anilines is 1. The molecule has 0 atom stereocenters. The van der Waals surface area contributed by atoms with Gasteiger partial charge < -0.3 is 0 Å². The maximum absolute atomic E-state index is 12.0. The minimum Gasteiger partial charge on any atom is -0.300 e. The lowest BCUT2D eigenvalue weighted by Crippen LogP contribution is -2.13. The number of carbonyl (C=O) groups is 1. The van der Waals surface area contributed by atoms with Crippen LogP contribution in [0.2, 0.25) is 0 Å². The highest BCUT2D eigenvalue weighted by Crippen LogP contribution is 2.28. The van der Waals surface area contributed by atoms with Crippen molar-refractivity contribution in [3.63, 3.8) is 0 Å². The molecule has 0 spiro atoms. The minimum absolute atomic E-state index is 0.0191. The van der Waals surface area contributed by atoms with Crippen molar-refractivity contribution in [2.45, 2.75) is 45.3 Å². The Balaban J connectivity index is 1.77. The van der Waals surface area contributed by atoms with Crippen LogP contribution in [-0.2, 0) is 10.5 Å². The number of nitrogens with zero attached hydrogens (tertiary/aromatic N) is 2. The highest BCUT2D eigenvalue weighted by molar-refractivity contribution is 7.99. The Bertz CT molecular complexity index is 621. The number of hydrogen-bond donors (Lipinski definition) is 1. The van der Waals surface area contributed by atoms with Gasteiger partial charge in [0.25, 0.3) is 0 Å². The first kappa shape index (κ1) is 17.9. The molecule has 2 aromatic rings. The second-order valence-corrected chi connectivity index (χ2v) is 7.48. The van der Waals surface area contributed by atoms with Crippen LogP contribution < -0.4 is 5.32 Å². The molecular weight excluding hydrogens is 326 g/mol. The maximum Gasteiger partial charge on any atom is 0.236 e. The third kappa shape index (κ3) is 5.62. The molecule has 0 fully saturated rings. The summed E-state index contributed by atoms with van der Waals surface area (Å²) in [6, 6.07) is 8.40. The number of nitrogens with one attached hydrogen (secondary N) is 1. The van der Waals surface area contributed by atoms with Crippen LogP contribution in [-0.4, -0.2) is 21.9 Å². The maximum atomic E-state index is 12.0. The number of thioether (sulfide) groups is 1. The molecule has 4 nitrogen and oxygen atoms in total. The molecule has 1 N–H and O–H groups in total. The Hall–Kier alpha value is -1.40. The van der Waals surface area contributed by atoms with Crippen LogP contribution in [0.5, 0.6) is 0 Å². The Labute approximate surface area is 146 Å². The van der Waals surface area contributed by atoms with Crippen molar-refractivity contribution < 1.29 is 4.79 Å². The largest absolute Gasteiger partial charge is 0.300 e. The normalized spacial score (nSPS) is 11.0. The first-order valence-electron chi connectivity index (χ1n) is 7.88. The molecule has 0 aliphatic heterocycles. The molecule has 124 valence electrons. The van der Waals surface area contributed by atoms with Gasteiger partial charge >= 0.3 is 0 Å². The van der Waals surface area contributed by atoms with Crippen molar-refractivity contribution in [2.75, 3.05) is 11.1 Å². The molecule has 1 amide bonds. The van der Waals surface area contributed by atoms with Gasteiger partial charge in [0.15, 0.2) is 0 Å². The molecule has 0 radical (unpaired) electrons. The molecule has 1 aromatic carbocycles. The molecule has 1 aromatic heterocycles. The van der Waals surface area contributed by atoms with Gasteiger partial charge in [-0.15, -0.1) is 22.0 Å². The average Bonchev–Trinajstić information content (AvgIpc) is 2.99. The van der Waals surface area contributed by atoms with Crippen LogP contribution in [0.15, 0.2) is 24.3 Å². The van der Waals surface area contributed by atoms with Crippen LogP contribution in [0, 0.1) is 6.92 Å². The summed E-state index contributed by atoms with van der Waals surface area (Å²) < 4.78 is 0. The zero-order valence-corrected chi connectivity index (χ0v) is 15.5.